The lowest BCUT2D eigenvalue weighted by atomic mass is 10.1. The summed E-state index contributed by atoms with van der Waals surface area (Å²) in [5.74, 6) is -0.153. The quantitative estimate of drug-likeness (QED) is 0.539. The van der Waals surface area contributed by atoms with E-state index in [0.29, 0.717) is 5.75 Å². The number of benzene rings is 2. The molecule has 24 heavy (non-hydrogen) atoms. The Balaban J connectivity index is 2.07. The maximum absolute atomic E-state index is 11.2. The van der Waals surface area contributed by atoms with E-state index in [1.807, 2.05) is 12.1 Å². The molecular weight excluding hydrogens is 328 g/mol. The van der Waals surface area contributed by atoms with E-state index in [9.17, 15) is 13.5 Å². The van der Waals surface area contributed by atoms with Gasteiger partial charge in [0.15, 0.2) is 11.5 Å². The summed E-state index contributed by atoms with van der Waals surface area (Å²) >= 11 is 0. The molecule has 2 rings (SSSR count). The fourth-order valence-electron chi connectivity index (χ4n) is 2.40. The summed E-state index contributed by atoms with van der Waals surface area (Å²) in [6, 6.07) is 11.4. The molecule has 2 aromatic rings. The molecule has 0 aromatic heterocycles. The van der Waals surface area contributed by atoms with Gasteiger partial charge in [-0.1, -0.05) is 44.4 Å². The maximum atomic E-state index is 11.2. The molecule has 0 radical (unpaired) electrons. The average Bonchev–Trinajstić information content (AvgIpc) is 2.54. The van der Waals surface area contributed by atoms with Gasteiger partial charge < -0.3 is 9.84 Å². The molecule has 0 spiro atoms. The number of rotatable bonds is 8. The van der Waals surface area contributed by atoms with Crippen LogP contribution in [0.4, 0.5) is 0 Å². The van der Waals surface area contributed by atoms with Crippen LogP contribution in [0.1, 0.15) is 38.2 Å². The Morgan fingerprint density at radius 2 is 1.71 bits per heavy atom. The molecule has 130 valence electrons. The Kier molecular flexibility index (Phi) is 6.23. The van der Waals surface area contributed by atoms with Gasteiger partial charge in [0.2, 0.25) is 0 Å². The van der Waals surface area contributed by atoms with Gasteiger partial charge in [0.05, 0.1) is 0 Å². The average molecular weight is 350 g/mol. The molecule has 0 saturated heterocycles. The second-order valence-electron chi connectivity index (χ2n) is 5.63. The van der Waals surface area contributed by atoms with Gasteiger partial charge in [0.1, 0.15) is 10.6 Å². The van der Waals surface area contributed by atoms with Crippen molar-refractivity contribution in [3.05, 3.63) is 48.0 Å². The summed E-state index contributed by atoms with van der Waals surface area (Å²) in [5, 5.41) is 9.94. The minimum atomic E-state index is -4.50. The lowest BCUT2D eigenvalue weighted by Gasteiger charge is -2.10. The normalized spacial score (nSPS) is 11.4. The molecule has 0 heterocycles. The lowest BCUT2D eigenvalue weighted by molar-refractivity contribution is 0.395. The highest BCUT2D eigenvalue weighted by molar-refractivity contribution is 7.86. The van der Waals surface area contributed by atoms with Gasteiger partial charge >= 0.3 is 0 Å². The van der Waals surface area contributed by atoms with Crippen LogP contribution in [0.2, 0.25) is 0 Å². The third-order valence-electron chi connectivity index (χ3n) is 3.71. The van der Waals surface area contributed by atoms with Gasteiger partial charge in [-0.05, 0) is 42.7 Å². The second-order valence-corrected chi connectivity index (χ2v) is 7.02. The number of phenolic OH excluding ortho intramolecular Hbond substituents is 1. The molecule has 2 N–H and O–H groups in total. The third-order valence-corrected chi connectivity index (χ3v) is 4.60. The highest BCUT2D eigenvalue weighted by Crippen LogP contribution is 2.35. The van der Waals surface area contributed by atoms with Crippen LogP contribution >= 0.6 is 0 Å². The maximum Gasteiger partial charge on any atom is 0.298 e. The van der Waals surface area contributed by atoms with Crippen molar-refractivity contribution < 1.29 is 22.8 Å². The van der Waals surface area contributed by atoms with E-state index in [4.69, 9.17) is 9.29 Å². The van der Waals surface area contributed by atoms with Crippen molar-refractivity contribution >= 4 is 10.1 Å². The van der Waals surface area contributed by atoms with Crippen molar-refractivity contribution in [3.8, 4) is 17.2 Å². The van der Waals surface area contributed by atoms with Crippen LogP contribution in [0.15, 0.2) is 47.4 Å². The number of ether oxygens (including phenoxy) is 1. The first-order valence-corrected chi connectivity index (χ1v) is 9.42. The molecule has 0 aliphatic rings. The Morgan fingerprint density at radius 1 is 1.00 bits per heavy atom. The molecule has 5 nitrogen and oxygen atoms in total. The molecule has 0 aliphatic heterocycles. The minimum absolute atomic E-state index is 0.0270. The number of hydrogen-bond donors (Lipinski definition) is 2. The first kappa shape index (κ1) is 18.3. The van der Waals surface area contributed by atoms with Crippen molar-refractivity contribution in [2.24, 2.45) is 0 Å². The van der Waals surface area contributed by atoms with Gasteiger partial charge in [0, 0.05) is 0 Å². The van der Waals surface area contributed by atoms with E-state index in [2.05, 4.69) is 6.92 Å². The predicted octanol–water partition coefficient (Wildman–Crippen LogP) is 4.55. The lowest BCUT2D eigenvalue weighted by Crippen LogP contribution is -1.99. The SMILES string of the molecule is CCCCCCc1ccc(Oc2cccc(S(=O)(=O)O)c2O)cc1. The van der Waals surface area contributed by atoms with Gasteiger partial charge in [-0.3, -0.25) is 4.55 Å². The summed E-state index contributed by atoms with van der Waals surface area (Å²) in [7, 11) is -4.50. The number of aromatic hydroxyl groups is 1. The van der Waals surface area contributed by atoms with Gasteiger partial charge in [0.25, 0.3) is 10.1 Å². The molecule has 0 bridgehead atoms. The Bertz CT molecular complexity index is 766. The van der Waals surface area contributed by atoms with Crippen molar-refractivity contribution in [1.29, 1.82) is 0 Å². The highest BCUT2D eigenvalue weighted by Gasteiger charge is 2.19. The zero-order valence-corrected chi connectivity index (χ0v) is 14.4. The summed E-state index contributed by atoms with van der Waals surface area (Å²) < 4.78 is 37.0. The van der Waals surface area contributed by atoms with Gasteiger partial charge in [-0.15, -0.1) is 0 Å². The molecular formula is C18H22O5S. The molecule has 0 amide bonds. The number of aryl methyl sites for hydroxylation is 1. The highest BCUT2D eigenvalue weighted by atomic mass is 32.2. The van der Waals surface area contributed by atoms with Crippen LogP contribution < -0.4 is 4.74 Å². The first-order chi connectivity index (χ1) is 11.4. The van der Waals surface area contributed by atoms with E-state index in [1.165, 1.54) is 37.0 Å². The number of unbranched alkanes of at least 4 members (excludes halogenated alkanes) is 3. The van der Waals surface area contributed by atoms with Crippen LogP contribution in [-0.2, 0) is 16.5 Å². The summed E-state index contributed by atoms with van der Waals surface area (Å²) in [6.45, 7) is 2.18. The molecule has 0 unspecified atom stereocenters. The Labute approximate surface area is 142 Å². The molecule has 0 saturated carbocycles. The van der Waals surface area contributed by atoms with E-state index in [0.717, 1.165) is 18.9 Å². The standard InChI is InChI=1S/C18H22O5S/c1-2-3-4-5-7-14-10-12-15(13-11-14)23-16-8-6-9-17(18(16)19)24(20,21)22/h6,8-13,19H,2-5,7H2,1H3,(H,20,21,22). The van der Waals surface area contributed by atoms with Crippen LogP contribution in [-0.4, -0.2) is 18.1 Å². The van der Waals surface area contributed by atoms with Gasteiger partial charge in [-0.2, -0.15) is 8.42 Å². The van der Waals surface area contributed by atoms with Crippen molar-refractivity contribution in [1.82, 2.24) is 0 Å². The summed E-state index contributed by atoms with van der Waals surface area (Å²) in [5.41, 5.74) is 1.20. The Morgan fingerprint density at radius 3 is 2.33 bits per heavy atom. The largest absolute Gasteiger partial charge is 0.503 e. The van der Waals surface area contributed by atoms with Gasteiger partial charge in [-0.25, -0.2) is 0 Å². The molecule has 6 heteroatoms. The molecule has 0 fully saturated rings. The van der Waals surface area contributed by atoms with Crippen molar-refractivity contribution in [3.63, 3.8) is 0 Å². The predicted molar refractivity (Wildman–Crippen MR) is 92.3 cm³/mol. The number of phenols is 1. The van der Waals surface area contributed by atoms with Crippen LogP contribution in [0.25, 0.3) is 0 Å². The van der Waals surface area contributed by atoms with E-state index >= 15 is 0 Å². The van der Waals surface area contributed by atoms with Crippen molar-refractivity contribution in [2.75, 3.05) is 0 Å². The second kappa shape index (κ2) is 8.17. The molecule has 0 atom stereocenters. The van der Waals surface area contributed by atoms with Crippen LogP contribution in [0.3, 0.4) is 0 Å². The fourth-order valence-corrected chi connectivity index (χ4v) is 3.00. The van der Waals surface area contributed by atoms with Crippen molar-refractivity contribution in [2.45, 2.75) is 43.9 Å². The molecule has 0 aliphatic carbocycles. The zero-order chi connectivity index (χ0) is 17.6. The topological polar surface area (TPSA) is 83.8 Å². The third kappa shape index (κ3) is 4.97. The number of para-hydroxylation sites is 1. The summed E-state index contributed by atoms with van der Waals surface area (Å²) in [6.07, 6.45) is 5.81. The monoisotopic (exact) mass is 350 g/mol. The minimum Gasteiger partial charge on any atom is -0.503 e. The van der Waals surface area contributed by atoms with E-state index in [1.54, 1.807) is 12.1 Å². The van der Waals surface area contributed by atoms with Crippen LogP contribution in [0.5, 0.6) is 17.2 Å². The first-order valence-electron chi connectivity index (χ1n) is 7.98. The van der Waals surface area contributed by atoms with E-state index < -0.39 is 20.8 Å². The summed E-state index contributed by atoms with van der Waals surface area (Å²) in [4.78, 5) is -0.576. The fraction of sp³-hybridized carbons (Fsp3) is 0.333. The molecule has 2 aromatic carbocycles. The van der Waals surface area contributed by atoms with E-state index in [-0.39, 0.29) is 5.75 Å². The zero-order valence-electron chi connectivity index (χ0n) is 13.6. The smallest absolute Gasteiger partial charge is 0.298 e. The Hall–Kier alpha value is -2.05. The number of hydrogen-bond acceptors (Lipinski definition) is 4. The van der Waals surface area contributed by atoms with Crippen LogP contribution in [0, 0.1) is 0 Å².